The Bertz CT molecular complexity index is 131. The van der Waals surface area contributed by atoms with Crippen molar-refractivity contribution in [3.63, 3.8) is 0 Å². The normalized spacial score (nSPS) is 10.4. The van der Waals surface area contributed by atoms with Crippen molar-refractivity contribution in [3.05, 3.63) is 0 Å². The molecule has 0 bridgehead atoms. The summed E-state index contributed by atoms with van der Waals surface area (Å²) in [6, 6.07) is 0. The summed E-state index contributed by atoms with van der Waals surface area (Å²) in [5, 5.41) is 8.43. The highest BCUT2D eigenvalue weighted by molar-refractivity contribution is 5.06. The van der Waals surface area contributed by atoms with Crippen molar-refractivity contribution in [2.24, 2.45) is 5.41 Å². The Morgan fingerprint density at radius 2 is 1.90 bits per heavy atom. The molecule has 0 radical (unpaired) electrons. The Morgan fingerprint density at radius 1 is 1.30 bits per heavy atom. The molecule has 0 saturated carbocycles. The van der Waals surface area contributed by atoms with Crippen LogP contribution in [0.1, 0.15) is 33.6 Å². The Kier molecular flexibility index (Phi) is 4.14. The summed E-state index contributed by atoms with van der Waals surface area (Å²) in [4.78, 5) is 0. The molecule has 0 aromatic rings. The molecule has 58 valence electrons. The average molecular weight is 140 g/mol. The van der Waals surface area contributed by atoms with E-state index in [-0.39, 0.29) is 12.0 Å². The monoisotopic (exact) mass is 140 g/mol. The van der Waals surface area contributed by atoms with Gasteiger partial charge in [0.05, 0.1) is 0 Å². The molecule has 1 nitrogen and oxygen atoms in total. The average Bonchev–Trinajstić information content (AvgIpc) is 1.78. The molecule has 0 rings (SSSR count). The zero-order chi connectivity index (χ0) is 8.04. The minimum atomic E-state index is 0.107. The molecular formula is C9H16O. The van der Waals surface area contributed by atoms with Crippen LogP contribution in [0.5, 0.6) is 0 Å². The van der Waals surface area contributed by atoms with Crippen LogP contribution >= 0.6 is 0 Å². The van der Waals surface area contributed by atoms with Gasteiger partial charge in [0.25, 0.3) is 0 Å². The second-order valence-corrected chi connectivity index (χ2v) is 3.38. The van der Waals surface area contributed by atoms with E-state index < -0.39 is 0 Å². The summed E-state index contributed by atoms with van der Waals surface area (Å²) < 4.78 is 0. The van der Waals surface area contributed by atoms with E-state index in [1.807, 2.05) is 0 Å². The maximum atomic E-state index is 8.43. The number of aliphatic hydroxyl groups is 1. The maximum absolute atomic E-state index is 8.43. The largest absolute Gasteiger partial charge is 0.396 e. The predicted octanol–water partition coefficient (Wildman–Crippen LogP) is 1.81. The molecule has 0 heterocycles. The van der Waals surface area contributed by atoms with Gasteiger partial charge >= 0.3 is 0 Å². The van der Waals surface area contributed by atoms with Gasteiger partial charge in [-0.3, -0.25) is 0 Å². The number of hydrogen-bond acceptors (Lipinski definition) is 1. The van der Waals surface area contributed by atoms with E-state index in [1.165, 1.54) is 0 Å². The Labute approximate surface area is 63.5 Å². The first-order valence-electron chi connectivity index (χ1n) is 3.67. The van der Waals surface area contributed by atoms with E-state index in [9.17, 15) is 0 Å². The Hall–Kier alpha value is -0.480. The van der Waals surface area contributed by atoms with E-state index in [2.05, 4.69) is 32.6 Å². The first-order valence-corrected chi connectivity index (χ1v) is 3.67. The van der Waals surface area contributed by atoms with Crippen molar-refractivity contribution in [2.45, 2.75) is 33.6 Å². The molecule has 1 N–H and O–H groups in total. The summed E-state index contributed by atoms with van der Waals surface area (Å²) in [5.74, 6) is 6.11. The number of aliphatic hydroxyl groups excluding tert-OH is 1. The smallest absolute Gasteiger partial charge is 0.0440 e. The van der Waals surface area contributed by atoms with E-state index in [0.717, 1.165) is 12.8 Å². The molecule has 0 unspecified atom stereocenters. The highest BCUT2D eigenvalue weighted by atomic mass is 16.2. The highest BCUT2D eigenvalue weighted by Gasteiger charge is 2.02. The van der Waals surface area contributed by atoms with Gasteiger partial charge in [0.2, 0.25) is 0 Å². The third kappa shape index (κ3) is 7.52. The summed E-state index contributed by atoms with van der Waals surface area (Å²) in [6.45, 7) is 6.50. The van der Waals surface area contributed by atoms with Crippen LogP contribution in [0.3, 0.4) is 0 Å². The van der Waals surface area contributed by atoms with Crippen LogP contribution in [0.4, 0.5) is 0 Å². The molecule has 0 fully saturated rings. The minimum absolute atomic E-state index is 0.107. The lowest BCUT2D eigenvalue weighted by Crippen LogP contribution is -1.99. The standard InChI is InChI=1S/C9H16O/c1-9(2,3)7-5-4-6-8-10/h10H,4,6,8H2,1-3H3. The van der Waals surface area contributed by atoms with Gasteiger partial charge in [-0.1, -0.05) is 5.92 Å². The van der Waals surface area contributed by atoms with Gasteiger partial charge in [-0.25, -0.2) is 0 Å². The van der Waals surface area contributed by atoms with Gasteiger partial charge < -0.3 is 5.11 Å². The molecule has 1 heteroatoms. The lowest BCUT2D eigenvalue weighted by molar-refractivity contribution is 0.290. The zero-order valence-corrected chi connectivity index (χ0v) is 7.07. The van der Waals surface area contributed by atoms with Crippen LogP contribution in [0.2, 0.25) is 0 Å². The fraction of sp³-hybridized carbons (Fsp3) is 0.778. The summed E-state index contributed by atoms with van der Waals surface area (Å²) >= 11 is 0. The molecule has 0 saturated heterocycles. The van der Waals surface area contributed by atoms with Crippen molar-refractivity contribution >= 4 is 0 Å². The van der Waals surface area contributed by atoms with Gasteiger partial charge in [0, 0.05) is 18.4 Å². The van der Waals surface area contributed by atoms with Crippen molar-refractivity contribution in [3.8, 4) is 11.8 Å². The van der Waals surface area contributed by atoms with Crippen molar-refractivity contribution in [2.75, 3.05) is 6.61 Å². The van der Waals surface area contributed by atoms with Crippen LogP contribution in [-0.4, -0.2) is 11.7 Å². The SMILES string of the molecule is CC(C)(C)C#CCCCO. The van der Waals surface area contributed by atoms with Crippen LogP contribution in [0.25, 0.3) is 0 Å². The third-order valence-electron chi connectivity index (χ3n) is 0.923. The molecule has 10 heavy (non-hydrogen) atoms. The lowest BCUT2D eigenvalue weighted by atomic mass is 9.98. The second kappa shape index (κ2) is 4.35. The molecule has 0 atom stereocenters. The van der Waals surface area contributed by atoms with Crippen LogP contribution in [-0.2, 0) is 0 Å². The van der Waals surface area contributed by atoms with Gasteiger partial charge in [0.1, 0.15) is 0 Å². The summed E-state index contributed by atoms with van der Waals surface area (Å²) in [5.41, 5.74) is 0.107. The Balaban J connectivity index is 3.50. The molecule has 0 aliphatic rings. The first-order chi connectivity index (χ1) is 4.56. The lowest BCUT2D eigenvalue weighted by Gasteiger charge is -2.06. The third-order valence-corrected chi connectivity index (χ3v) is 0.923. The maximum Gasteiger partial charge on any atom is 0.0440 e. The van der Waals surface area contributed by atoms with E-state index in [0.29, 0.717) is 0 Å². The summed E-state index contributed by atoms with van der Waals surface area (Å²) in [7, 11) is 0. The molecule has 0 aromatic carbocycles. The van der Waals surface area contributed by atoms with Gasteiger partial charge in [-0.15, -0.1) is 5.92 Å². The van der Waals surface area contributed by atoms with Crippen LogP contribution < -0.4 is 0 Å². The van der Waals surface area contributed by atoms with E-state index >= 15 is 0 Å². The van der Waals surface area contributed by atoms with Crippen molar-refractivity contribution in [1.82, 2.24) is 0 Å². The molecule has 0 aliphatic heterocycles. The second-order valence-electron chi connectivity index (χ2n) is 3.38. The molecule has 0 aliphatic carbocycles. The van der Waals surface area contributed by atoms with Gasteiger partial charge in [-0.2, -0.15) is 0 Å². The fourth-order valence-corrected chi connectivity index (χ4v) is 0.495. The molecule has 0 spiro atoms. The van der Waals surface area contributed by atoms with Gasteiger partial charge in [0.15, 0.2) is 0 Å². The summed E-state index contributed by atoms with van der Waals surface area (Å²) in [6.07, 6.45) is 1.61. The quantitative estimate of drug-likeness (QED) is 0.458. The van der Waals surface area contributed by atoms with E-state index in [4.69, 9.17) is 5.11 Å². The molecule has 0 aromatic heterocycles. The predicted molar refractivity (Wildman–Crippen MR) is 43.6 cm³/mol. The zero-order valence-electron chi connectivity index (χ0n) is 7.07. The van der Waals surface area contributed by atoms with Crippen LogP contribution in [0.15, 0.2) is 0 Å². The number of unbranched alkanes of at least 4 members (excludes halogenated alkanes) is 1. The fourth-order valence-electron chi connectivity index (χ4n) is 0.495. The van der Waals surface area contributed by atoms with Gasteiger partial charge in [-0.05, 0) is 27.2 Å². The highest BCUT2D eigenvalue weighted by Crippen LogP contribution is 2.09. The molecule has 0 amide bonds. The number of hydrogen-bond donors (Lipinski definition) is 1. The first kappa shape index (κ1) is 9.52. The Morgan fingerprint density at radius 3 is 2.30 bits per heavy atom. The topological polar surface area (TPSA) is 20.2 Å². The minimum Gasteiger partial charge on any atom is -0.396 e. The number of rotatable bonds is 2. The van der Waals surface area contributed by atoms with E-state index in [1.54, 1.807) is 0 Å². The molecular weight excluding hydrogens is 124 g/mol. The van der Waals surface area contributed by atoms with Crippen LogP contribution in [0, 0.1) is 17.3 Å². The van der Waals surface area contributed by atoms with Crippen molar-refractivity contribution in [1.29, 1.82) is 0 Å². The van der Waals surface area contributed by atoms with Crippen molar-refractivity contribution < 1.29 is 5.11 Å².